The third kappa shape index (κ3) is 4.72. The molecule has 2 aromatic carbocycles. The van der Waals surface area contributed by atoms with Crippen LogP contribution in [0, 0.1) is 11.2 Å². The maximum absolute atomic E-state index is 15.8. The first-order chi connectivity index (χ1) is 17.9. The van der Waals surface area contributed by atoms with Crippen molar-refractivity contribution in [1.82, 2.24) is 10.6 Å². The molecule has 1 aliphatic carbocycles. The monoisotopic (exact) mass is 561 g/mol. The van der Waals surface area contributed by atoms with Gasteiger partial charge in [-0.25, -0.2) is 4.39 Å². The Morgan fingerprint density at radius 3 is 2.55 bits per heavy atom. The van der Waals surface area contributed by atoms with Gasteiger partial charge in [0.25, 0.3) is 0 Å². The van der Waals surface area contributed by atoms with Crippen LogP contribution in [0.1, 0.15) is 69.9 Å². The van der Waals surface area contributed by atoms with Crippen molar-refractivity contribution in [3.8, 4) is 0 Å². The number of benzene rings is 2. The van der Waals surface area contributed by atoms with Gasteiger partial charge in [0, 0.05) is 28.7 Å². The molecule has 2 fully saturated rings. The molecule has 9 heteroatoms. The molecule has 1 spiro atoms. The highest BCUT2D eigenvalue weighted by Crippen LogP contribution is 2.57. The van der Waals surface area contributed by atoms with E-state index in [4.69, 9.17) is 23.2 Å². The predicted octanol–water partition coefficient (Wildman–Crippen LogP) is 5.30. The lowest BCUT2D eigenvalue weighted by atomic mass is 9.62. The SMILES string of the molecule is CC(C)(C)CC1NC(C(=O)N[C@H]2CC[C@H](O)CC2)[C@H](c2cccc(Cl)c2F)[C@]12C(=O)Nc1cc(Cl)ccc12. The minimum atomic E-state index is -1.27. The summed E-state index contributed by atoms with van der Waals surface area (Å²) in [4.78, 5) is 28.1. The molecule has 2 heterocycles. The zero-order chi connectivity index (χ0) is 27.4. The average molecular weight is 563 g/mol. The lowest BCUT2D eigenvalue weighted by Gasteiger charge is -2.38. The number of carbonyl (C=O) groups excluding carboxylic acids is 2. The second-order valence-corrected chi connectivity index (χ2v) is 13.0. The van der Waals surface area contributed by atoms with E-state index in [1.165, 1.54) is 6.07 Å². The van der Waals surface area contributed by atoms with Gasteiger partial charge < -0.3 is 21.1 Å². The summed E-state index contributed by atoms with van der Waals surface area (Å²) in [5.74, 6) is -2.09. The van der Waals surface area contributed by atoms with E-state index in [9.17, 15) is 14.7 Å². The van der Waals surface area contributed by atoms with Gasteiger partial charge in [0.1, 0.15) is 11.2 Å². The maximum Gasteiger partial charge on any atom is 0.238 e. The Bertz CT molecular complexity index is 1260. The molecule has 4 N–H and O–H groups in total. The fourth-order valence-electron chi connectivity index (χ4n) is 6.66. The summed E-state index contributed by atoms with van der Waals surface area (Å²) >= 11 is 12.5. The van der Waals surface area contributed by atoms with Crippen molar-refractivity contribution in [2.45, 2.75) is 88.4 Å². The minimum Gasteiger partial charge on any atom is -0.393 e. The van der Waals surface area contributed by atoms with Crippen molar-refractivity contribution in [3.05, 3.63) is 63.4 Å². The molecule has 1 saturated carbocycles. The van der Waals surface area contributed by atoms with Gasteiger partial charge in [-0.2, -0.15) is 0 Å². The van der Waals surface area contributed by atoms with E-state index < -0.39 is 29.2 Å². The second-order valence-electron chi connectivity index (χ2n) is 12.1. The topological polar surface area (TPSA) is 90.5 Å². The summed E-state index contributed by atoms with van der Waals surface area (Å²) < 4.78 is 15.8. The third-order valence-corrected chi connectivity index (χ3v) is 8.79. The molecule has 2 unspecified atom stereocenters. The zero-order valence-electron chi connectivity index (χ0n) is 21.8. The van der Waals surface area contributed by atoms with E-state index in [-0.39, 0.29) is 40.0 Å². The van der Waals surface area contributed by atoms with Gasteiger partial charge in [-0.3, -0.25) is 9.59 Å². The molecule has 0 bridgehead atoms. The smallest absolute Gasteiger partial charge is 0.238 e. The van der Waals surface area contributed by atoms with Gasteiger partial charge in [-0.1, -0.05) is 62.2 Å². The highest BCUT2D eigenvalue weighted by molar-refractivity contribution is 6.31. The average Bonchev–Trinajstić information content (AvgIpc) is 3.31. The molecule has 1 saturated heterocycles. The predicted molar refractivity (Wildman–Crippen MR) is 147 cm³/mol. The fraction of sp³-hybridized carbons (Fsp3) is 0.517. The van der Waals surface area contributed by atoms with Crippen LogP contribution in [0.5, 0.6) is 0 Å². The van der Waals surface area contributed by atoms with E-state index in [1.807, 2.05) is 6.07 Å². The largest absolute Gasteiger partial charge is 0.393 e. The third-order valence-electron chi connectivity index (χ3n) is 8.26. The highest BCUT2D eigenvalue weighted by Gasteiger charge is 2.66. The van der Waals surface area contributed by atoms with Crippen LogP contribution >= 0.6 is 23.2 Å². The van der Waals surface area contributed by atoms with Gasteiger partial charge >= 0.3 is 0 Å². The van der Waals surface area contributed by atoms with Crippen LogP contribution in [0.15, 0.2) is 36.4 Å². The molecule has 5 rings (SSSR count). The second kappa shape index (κ2) is 10.1. The van der Waals surface area contributed by atoms with Crippen LogP contribution in [0.4, 0.5) is 10.1 Å². The van der Waals surface area contributed by atoms with Crippen molar-refractivity contribution in [1.29, 1.82) is 0 Å². The number of amides is 2. The molecule has 2 aromatic rings. The molecule has 4 atom stereocenters. The Labute approximate surface area is 232 Å². The first kappa shape index (κ1) is 27.4. The summed E-state index contributed by atoms with van der Waals surface area (Å²) in [5, 5.41) is 19.9. The van der Waals surface area contributed by atoms with E-state index >= 15 is 4.39 Å². The Morgan fingerprint density at radius 2 is 1.87 bits per heavy atom. The molecule has 2 aliphatic heterocycles. The van der Waals surface area contributed by atoms with Gasteiger partial charge in [-0.15, -0.1) is 0 Å². The van der Waals surface area contributed by atoms with Crippen LogP contribution < -0.4 is 16.0 Å². The van der Waals surface area contributed by atoms with Crippen LogP contribution in [0.25, 0.3) is 0 Å². The molecule has 38 heavy (non-hydrogen) atoms. The number of carbonyl (C=O) groups is 2. The minimum absolute atomic E-state index is 0.0629. The number of halogens is 3. The zero-order valence-corrected chi connectivity index (χ0v) is 23.3. The lowest BCUT2D eigenvalue weighted by Crippen LogP contribution is -2.50. The first-order valence-corrected chi connectivity index (χ1v) is 14.0. The highest BCUT2D eigenvalue weighted by atomic mass is 35.5. The van der Waals surface area contributed by atoms with E-state index in [0.717, 1.165) is 0 Å². The first-order valence-electron chi connectivity index (χ1n) is 13.2. The van der Waals surface area contributed by atoms with Gasteiger partial charge in [-0.05, 0) is 66.8 Å². The molecule has 6 nitrogen and oxygen atoms in total. The quantitative estimate of drug-likeness (QED) is 0.407. The molecular formula is C29H34Cl2FN3O3. The van der Waals surface area contributed by atoms with Gasteiger partial charge in [0.15, 0.2) is 0 Å². The van der Waals surface area contributed by atoms with E-state index in [1.54, 1.807) is 24.3 Å². The summed E-state index contributed by atoms with van der Waals surface area (Å²) in [5.41, 5.74) is -0.00278. The standard InChI is InChI=1S/C29H34Cl2FN3O3/c1-28(2,3)14-22-29(19-12-7-15(30)13-21(19)34-27(29)38)23(18-5-4-6-20(31)24(18)32)25(35-22)26(37)33-16-8-10-17(36)11-9-16/h4-7,12-13,16-17,22-23,25,35-36H,8-11,14H2,1-3H3,(H,33,37)(H,34,38)/t16-,17-,22?,23-,25?,29+/m0/s1. The van der Waals surface area contributed by atoms with Crippen molar-refractivity contribution < 1.29 is 19.1 Å². The molecule has 204 valence electrons. The van der Waals surface area contributed by atoms with Crippen molar-refractivity contribution in [2.75, 3.05) is 5.32 Å². The van der Waals surface area contributed by atoms with Crippen LogP contribution in [-0.4, -0.2) is 41.2 Å². The fourth-order valence-corrected chi connectivity index (χ4v) is 7.02. The lowest BCUT2D eigenvalue weighted by molar-refractivity contribution is -0.124. The number of hydrogen-bond acceptors (Lipinski definition) is 4. The summed E-state index contributed by atoms with van der Waals surface area (Å²) in [6.07, 6.45) is 2.75. The van der Waals surface area contributed by atoms with Crippen molar-refractivity contribution >= 4 is 40.7 Å². The van der Waals surface area contributed by atoms with E-state index in [2.05, 4.69) is 36.7 Å². The Morgan fingerprint density at radius 1 is 1.16 bits per heavy atom. The molecule has 0 radical (unpaired) electrons. The Hall–Kier alpha value is -2.19. The van der Waals surface area contributed by atoms with Crippen molar-refractivity contribution in [2.24, 2.45) is 5.41 Å². The van der Waals surface area contributed by atoms with Crippen molar-refractivity contribution in [3.63, 3.8) is 0 Å². The van der Waals surface area contributed by atoms with Gasteiger partial charge in [0.2, 0.25) is 11.8 Å². The number of aliphatic hydroxyl groups excluding tert-OH is 1. The van der Waals surface area contributed by atoms with Crippen LogP contribution in [-0.2, 0) is 15.0 Å². The Balaban J connectivity index is 1.67. The van der Waals surface area contributed by atoms with Gasteiger partial charge in [0.05, 0.1) is 17.2 Å². The number of rotatable bonds is 4. The summed E-state index contributed by atoms with van der Waals surface area (Å²) in [6.45, 7) is 6.23. The summed E-state index contributed by atoms with van der Waals surface area (Å²) in [6, 6.07) is 8.50. The number of fused-ring (bicyclic) bond motifs is 2. The number of hydrogen-bond donors (Lipinski definition) is 4. The maximum atomic E-state index is 15.8. The summed E-state index contributed by atoms with van der Waals surface area (Å²) in [7, 11) is 0. The molecule has 0 aromatic heterocycles. The number of nitrogens with one attached hydrogen (secondary N) is 3. The van der Waals surface area contributed by atoms with Crippen LogP contribution in [0.3, 0.4) is 0 Å². The number of anilines is 1. The molecule has 3 aliphatic rings. The number of aliphatic hydroxyl groups is 1. The Kier molecular flexibility index (Phi) is 7.27. The normalized spacial score (nSPS) is 30.8. The van der Waals surface area contributed by atoms with E-state index in [0.29, 0.717) is 48.4 Å². The van der Waals surface area contributed by atoms with Crippen LogP contribution in [0.2, 0.25) is 10.0 Å². The molecular weight excluding hydrogens is 528 g/mol. The molecule has 2 amide bonds.